The SMILES string of the molecule is CCOc1cc(/C=C(/C#N)c2nc3ccc(C)cc3[nH]2)ccc1OCC(C)C. The Morgan fingerprint density at radius 2 is 2.00 bits per heavy atom. The van der Waals surface area contributed by atoms with Gasteiger partial charge in [0.25, 0.3) is 0 Å². The molecule has 1 aromatic heterocycles. The number of imidazole rings is 1. The second-order valence-electron chi connectivity index (χ2n) is 7.12. The number of H-pyrrole nitrogens is 1. The lowest BCUT2D eigenvalue weighted by Gasteiger charge is -2.14. The van der Waals surface area contributed by atoms with E-state index in [-0.39, 0.29) is 0 Å². The molecule has 0 fully saturated rings. The third-order valence-corrected chi connectivity index (χ3v) is 4.16. The molecule has 0 saturated heterocycles. The highest BCUT2D eigenvalue weighted by Crippen LogP contribution is 2.30. The molecule has 5 heteroatoms. The first-order valence-corrected chi connectivity index (χ1v) is 9.48. The zero-order chi connectivity index (χ0) is 20.1. The maximum absolute atomic E-state index is 9.66. The van der Waals surface area contributed by atoms with Crippen molar-refractivity contribution in [2.24, 2.45) is 5.92 Å². The van der Waals surface area contributed by atoms with E-state index in [4.69, 9.17) is 9.47 Å². The van der Waals surface area contributed by atoms with Crippen LogP contribution in [-0.4, -0.2) is 23.2 Å². The minimum atomic E-state index is 0.427. The van der Waals surface area contributed by atoms with Crippen molar-refractivity contribution in [2.75, 3.05) is 13.2 Å². The molecule has 0 amide bonds. The number of nitrogens with one attached hydrogen (secondary N) is 1. The average Bonchev–Trinajstić information content (AvgIpc) is 3.08. The Labute approximate surface area is 165 Å². The molecule has 3 rings (SSSR count). The number of aromatic nitrogens is 2. The fraction of sp³-hybridized carbons (Fsp3) is 0.304. The highest BCUT2D eigenvalue weighted by molar-refractivity contribution is 5.90. The molecule has 0 saturated carbocycles. The van der Waals surface area contributed by atoms with E-state index < -0.39 is 0 Å². The van der Waals surface area contributed by atoms with Crippen LogP contribution in [0.4, 0.5) is 0 Å². The Kier molecular flexibility index (Phi) is 6.00. The van der Waals surface area contributed by atoms with E-state index in [2.05, 4.69) is 29.9 Å². The molecule has 0 atom stereocenters. The molecular weight excluding hydrogens is 350 g/mol. The standard InChI is InChI=1S/C23H25N3O2/c1-5-27-22-12-17(7-9-21(22)28-14-15(2)3)11-18(13-24)23-25-19-8-6-16(4)10-20(19)26-23/h6-12,15H,5,14H2,1-4H3,(H,25,26)/b18-11-. The number of nitriles is 1. The van der Waals surface area contributed by atoms with Crippen LogP contribution in [0.25, 0.3) is 22.7 Å². The number of allylic oxidation sites excluding steroid dienone is 1. The molecule has 1 heterocycles. The van der Waals surface area contributed by atoms with Crippen molar-refractivity contribution in [3.05, 3.63) is 53.3 Å². The number of rotatable bonds is 7. The third-order valence-electron chi connectivity index (χ3n) is 4.16. The smallest absolute Gasteiger partial charge is 0.161 e. The van der Waals surface area contributed by atoms with Gasteiger partial charge in [0.2, 0.25) is 0 Å². The van der Waals surface area contributed by atoms with Gasteiger partial charge in [0.05, 0.1) is 29.8 Å². The predicted octanol–water partition coefficient (Wildman–Crippen LogP) is 5.37. The molecule has 3 aromatic rings. The van der Waals surface area contributed by atoms with Crippen molar-refractivity contribution in [1.82, 2.24) is 9.97 Å². The first kappa shape index (κ1) is 19.5. The Hall–Kier alpha value is -3.26. The molecule has 0 radical (unpaired) electrons. The van der Waals surface area contributed by atoms with Gasteiger partial charge < -0.3 is 14.5 Å². The number of benzene rings is 2. The van der Waals surface area contributed by atoms with Gasteiger partial charge in [-0.15, -0.1) is 0 Å². The predicted molar refractivity (Wildman–Crippen MR) is 112 cm³/mol. The quantitative estimate of drug-likeness (QED) is 0.564. The molecule has 5 nitrogen and oxygen atoms in total. The number of hydrogen-bond donors (Lipinski definition) is 1. The molecular formula is C23H25N3O2. The van der Waals surface area contributed by atoms with E-state index in [9.17, 15) is 5.26 Å². The Morgan fingerprint density at radius 3 is 2.71 bits per heavy atom. The molecule has 28 heavy (non-hydrogen) atoms. The molecule has 0 spiro atoms. The highest BCUT2D eigenvalue weighted by Gasteiger charge is 2.11. The van der Waals surface area contributed by atoms with E-state index in [0.29, 0.717) is 42.0 Å². The number of ether oxygens (including phenoxy) is 2. The van der Waals surface area contributed by atoms with E-state index in [1.54, 1.807) is 6.08 Å². The second-order valence-corrected chi connectivity index (χ2v) is 7.12. The summed E-state index contributed by atoms with van der Waals surface area (Å²) in [6.45, 7) is 9.33. The Bertz CT molecular complexity index is 1040. The molecule has 0 unspecified atom stereocenters. The average molecular weight is 375 g/mol. The maximum Gasteiger partial charge on any atom is 0.161 e. The van der Waals surface area contributed by atoms with Crippen LogP contribution in [0.2, 0.25) is 0 Å². The largest absolute Gasteiger partial charge is 0.490 e. The summed E-state index contributed by atoms with van der Waals surface area (Å²) >= 11 is 0. The molecule has 0 aliphatic rings. The van der Waals surface area contributed by atoms with E-state index >= 15 is 0 Å². The van der Waals surface area contributed by atoms with Crippen molar-refractivity contribution in [3.63, 3.8) is 0 Å². The summed E-state index contributed by atoms with van der Waals surface area (Å²) in [4.78, 5) is 7.78. The molecule has 0 aliphatic heterocycles. The summed E-state index contributed by atoms with van der Waals surface area (Å²) < 4.78 is 11.6. The lowest BCUT2D eigenvalue weighted by molar-refractivity contribution is 0.248. The van der Waals surface area contributed by atoms with Crippen LogP contribution in [0.1, 0.15) is 37.7 Å². The van der Waals surface area contributed by atoms with Crippen LogP contribution in [0.5, 0.6) is 11.5 Å². The third kappa shape index (κ3) is 4.52. The monoisotopic (exact) mass is 375 g/mol. The summed E-state index contributed by atoms with van der Waals surface area (Å²) in [6, 6.07) is 13.9. The van der Waals surface area contributed by atoms with Crippen LogP contribution in [0, 0.1) is 24.2 Å². The Balaban J connectivity index is 1.94. The van der Waals surface area contributed by atoms with E-state index in [1.165, 1.54) is 0 Å². The number of aromatic amines is 1. The maximum atomic E-state index is 9.66. The lowest BCUT2D eigenvalue weighted by Crippen LogP contribution is -2.06. The number of hydrogen-bond acceptors (Lipinski definition) is 4. The molecule has 0 bridgehead atoms. The van der Waals surface area contributed by atoms with Gasteiger partial charge in [-0.3, -0.25) is 0 Å². The van der Waals surface area contributed by atoms with E-state index in [0.717, 1.165) is 22.2 Å². The van der Waals surface area contributed by atoms with Crippen molar-refractivity contribution in [2.45, 2.75) is 27.7 Å². The fourth-order valence-corrected chi connectivity index (χ4v) is 2.83. The summed E-state index contributed by atoms with van der Waals surface area (Å²) in [5.74, 6) is 2.37. The van der Waals surface area contributed by atoms with E-state index in [1.807, 2.05) is 50.2 Å². The summed E-state index contributed by atoms with van der Waals surface area (Å²) in [7, 11) is 0. The summed E-state index contributed by atoms with van der Waals surface area (Å²) in [5.41, 5.74) is 4.22. The topological polar surface area (TPSA) is 70.9 Å². The lowest BCUT2D eigenvalue weighted by atomic mass is 10.1. The van der Waals surface area contributed by atoms with Crippen LogP contribution in [0.3, 0.4) is 0 Å². The van der Waals surface area contributed by atoms with Crippen molar-refractivity contribution < 1.29 is 9.47 Å². The van der Waals surface area contributed by atoms with Crippen molar-refractivity contribution >= 4 is 22.7 Å². The molecule has 2 aromatic carbocycles. The van der Waals surface area contributed by atoms with Gasteiger partial charge >= 0.3 is 0 Å². The van der Waals surface area contributed by atoms with Crippen molar-refractivity contribution in [3.8, 4) is 17.6 Å². The minimum absolute atomic E-state index is 0.427. The molecule has 1 N–H and O–H groups in total. The number of fused-ring (bicyclic) bond motifs is 1. The van der Waals surface area contributed by atoms with Gasteiger partial charge in [0, 0.05) is 0 Å². The molecule has 0 aliphatic carbocycles. The van der Waals surface area contributed by atoms with Gasteiger partial charge in [-0.05, 0) is 61.2 Å². The van der Waals surface area contributed by atoms with Crippen molar-refractivity contribution in [1.29, 1.82) is 5.26 Å². The van der Waals surface area contributed by atoms with Gasteiger partial charge in [-0.2, -0.15) is 5.26 Å². The number of aryl methyl sites for hydroxylation is 1. The van der Waals surface area contributed by atoms with Crippen LogP contribution < -0.4 is 9.47 Å². The van der Waals surface area contributed by atoms with Crippen LogP contribution in [-0.2, 0) is 0 Å². The first-order chi connectivity index (χ1) is 13.5. The summed E-state index contributed by atoms with van der Waals surface area (Å²) in [5, 5.41) is 9.66. The normalized spacial score (nSPS) is 11.6. The molecule has 144 valence electrons. The zero-order valence-corrected chi connectivity index (χ0v) is 16.7. The fourth-order valence-electron chi connectivity index (χ4n) is 2.83. The van der Waals surface area contributed by atoms with Gasteiger partial charge in [-0.25, -0.2) is 4.98 Å². The van der Waals surface area contributed by atoms with Gasteiger partial charge in [0.1, 0.15) is 11.9 Å². The first-order valence-electron chi connectivity index (χ1n) is 9.48. The van der Waals surface area contributed by atoms with Gasteiger partial charge in [0.15, 0.2) is 11.5 Å². The second kappa shape index (κ2) is 8.62. The minimum Gasteiger partial charge on any atom is -0.490 e. The number of nitrogens with zero attached hydrogens (tertiary/aromatic N) is 2. The summed E-state index contributed by atoms with van der Waals surface area (Å²) in [6.07, 6.45) is 1.80. The van der Waals surface area contributed by atoms with Crippen LogP contribution >= 0.6 is 0 Å². The zero-order valence-electron chi connectivity index (χ0n) is 16.7. The van der Waals surface area contributed by atoms with Crippen LogP contribution in [0.15, 0.2) is 36.4 Å². The van der Waals surface area contributed by atoms with Gasteiger partial charge in [-0.1, -0.05) is 26.0 Å². The Morgan fingerprint density at radius 1 is 1.18 bits per heavy atom. The highest BCUT2D eigenvalue weighted by atomic mass is 16.5.